The first-order valence-electron chi connectivity index (χ1n) is 9.89. The quantitative estimate of drug-likeness (QED) is 0.549. The summed E-state index contributed by atoms with van der Waals surface area (Å²) >= 11 is 0. The Morgan fingerprint density at radius 3 is 1.79 bits per heavy atom. The second-order valence-corrected chi connectivity index (χ2v) is 6.82. The first-order valence-corrected chi connectivity index (χ1v) is 9.89. The first-order chi connectivity index (χ1) is 14.2. The van der Waals surface area contributed by atoms with Gasteiger partial charge in [-0.3, -0.25) is 4.85 Å². The molecule has 0 spiro atoms. The average Bonchev–Trinajstić information content (AvgIpc) is 3.09. The van der Waals surface area contributed by atoms with Gasteiger partial charge in [0.05, 0.1) is 59.1 Å². The van der Waals surface area contributed by atoms with Gasteiger partial charge in [0.15, 0.2) is 11.5 Å². The number of benzene rings is 1. The molecule has 0 saturated heterocycles. The molecule has 0 amide bonds. The molecule has 0 N–H and O–H groups in total. The van der Waals surface area contributed by atoms with Crippen LogP contribution in [0.15, 0.2) is 12.1 Å². The summed E-state index contributed by atoms with van der Waals surface area (Å²) in [4.78, 5) is 16.1. The molecular formula is C21H27NO7. The number of rotatable bonds is 2. The van der Waals surface area contributed by atoms with Gasteiger partial charge >= 0.3 is 11.5 Å². The Kier molecular flexibility index (Phi) is 7.69. The average molecular weight is 405 g/mol. The molecule has 1 aromatic rings. The molecular weight excluding hydrogens is 378 g/mol. The van der Waals surface area contributed by atoms with Gasteiger partial charge in [-0.1, -0.05) is 0 Å². The molecule has 3 rings (SSSR count). The van der Waals surface area contributed by atoms with Crippen molar-refractivity contribution in [1.29, 1.82) is 0 Å². The van der Waals surface area contributed by atoms with Gasteiger partial charge < -0.3 is 28.4 Å². The van der Waals surface area contributed by atoms with Gasteiger partial charge in [-0.15, -0.1) is 0 Å². The van der Waals surface area contributed by atoms with E-state index in [1.807, 2.05) is 12.1 Å². The van der Waals surface area contributed by atoms with E-state index in [9.17, 15) is 4.79 Å². The summed E-state index contributed by atoms with van der Waals surface area (Å²) in [6.07, 6.45) is 0.608. The monoisotopic (exact) mass is 405 g/mol. The minimum atomic E-state index is -1.21. The summed E-state index contributed by atoms with van der Waals surface area (Å²) < 4.78 is 33.3. The number of ether oxygens (including phenoxy) is 6. The van der Waals surface area contributed by atoms with Gasteiger partial charge in [0.25, 0.3) is 0 Å². The molecule has 0 unspecified atom stereocenters. The Morgan fingerprint density at radius 2 is 1.38 bits per heavy atom. The lowest BCUT2D eigenvalue weighted by Crippen LogP contribution is -2.37. The lowest BCUT2D eigenvalue weighted by Gasteiger charge is -2.14. The SMILES string of the molecule is [C-]#[N+]C1(C(=O)OCC)Cc2cc3c(cc2C1)OCCOCCOCCOCCO3. The minimum Gasteiger partial charge on any atom is -0.487 e. The van der Waals surface area contributed by atoms with E-state index in [0.29, 0.717) is 77.2 Å². The Morgan fingerprint density at radius 1 is 0.931 bits per heavy atom. The van der Waals surface area contributed by atoms with E-state index in [-0.39, 0.29) is 6.61 Å². The fraction of sp³-hybridized carbons (Fsp3) is 0.619. The van der Waals surface area contributed by atoms with Crippen LogP contribution in [0.25, 0.3) is 4.85 Å². The summed E-state index contributed by atoms with van der Waals surface area (Å²) in [6.45, 7) is 13.1. The van der Waals surface area contributed by atoms with Gasteiger partial charge in [-0.05, 0) is 30.2 Å². The van der Waals surface area contributed by atoms with Crippen LogP contribution in [0.3, 0.4) is 0 Å². The van der Waals surface area contributed by atoms with Gasteiger partial charge in [-0.25, -0.2) is 11.4 Å². The topological polar surface area (TPSA) is 76.8 Å². The molecule has 158 valence electrons. The molecule has 1 aliphatic carbocycles. The smallest absolute Gasteiger partial charge is 0.394 e. The zero-order chi connectivity index (χ0) is 20.5. The summed E-state index contributed by atoms with van der Waals surface area (Å²) in [7, 11) is 0. The second kappa shape index (κ2) is 10.4. The van der Waals surface area contributed by atoms with Gasteiger partial charge in [0, 0.05) is 0 Å². The second-order valence-electron chi connectivity index (χ2n) is 6.82. The molecule has 0 aromatic heterocycles. The highest BCUT2D eigenvalue weighted by Crippen LogP contribution is 2.40. The largest absolute Gasteiger partial charge is 0.487 e. The van der Waals surface area contributed by atoms with Crippen molar-refractivity contribution in [2.45, 2.75) is 25.3 Å². The van der Waals surface area contributed by atoms with Crippen molar-refractivity contribution in [1.82, 2.24) is 0 Å². The summed E-state index contributed by atoms with van der Waals surface area (Å²) in [5.41, 5.74) is 0.594. The highest BCUT2D eigenvalue weighted by Gasteiger charge is 2.52. The molecule has 0 radical (unpaired) electrons. The number of carbonyl (C=O) groups excluding carboxylic acids is 1. The Labute approximate surface area is 170 Å². The third-order valence-electron chi connectivity index (χ3n) is 4.82. The maximum Gasteiger partial charge on any atom is 0.394 e. The van der Waals surface area contributed by atoms with Crippen LogP contribution in [0.5, 0.6) is 11.5 Å². The zero-order valence-electron chi connectivity index (χ0n) is 16.7. The Bertz CT molecular complexity index is 700. The molecule has 0 bridgehead atoms. The van der Waals surface area contributed by atoms with Crippen molar-refractivity contribution >= 4 is 5.97 Å². The Hall–Kier alpha value is -2.34. The van der Waals surface area contributed by atoms with Crippen LogP contribution in [-0.4, -0.2) is 71.0 Å². The molecule has 2 aliphatic rings. The van der Waals surface area contributed by atoms with Crippen LogP contribution < -0.4 is 9.47 Å². The van der Waals surface area contributed by atoms with Gasteiger partial charge in [0.1, 0.15) is 13.2 Å². The maximum absolute atomic E-state index is 12.4. The highest BCUT2D eigenvalue weighted by atomic mass is 16.6. The number of carbonyl (C=O) groups is 1. The molecule has 1 aromatic carbocycles. The molecule has 0 fully saturated rings. The van der Waals surface area contributed by atoms with Crippen molar-refractivity contribution in [3.63, 3.8) is 0 Å². The van der Waals surface area contributed by atoms with Crippen LogP contribution >= 0.6 is 0 Å². The van der Waals surface area contributed by atoms with E-state index >= 15 is 0 Å². The van der Waals surface area contributed by atoms with E-state index in [2.05, 4.69) is 4.85 Å². The lowest BCUT2D eigenvalue weighted by molar-refractivity contribution is -0.147. The van der Waals surface area contributed by atoms with Crippen molar-refractivity contribution in [2.75, 3.05) is 59.5 Å². The van der Waals surface area contributed by atoms with E-state index in [1.54, 1.807) is 6.92 Å². The van der Waals surface area contributed by atoms with Crippen molar-refractivity contribution in [2.24, 2.45) is 0 Å². The fourth-order valence-electron chi connectivity index (χ4n) is 3.39. The molecule has 1 aliphatic heterocycles. The Balaban J connectivity index is 1.77. The van der Waals surface area contributed by atoms with Crippen LogP contribution in [-0.2, 0) is 36.6 Å². The lowest BCUT2D eigenvalue weighted by atomic mass is 9.97. The summed E-state index contributed by atoms with van der Waals surface area (Å²) in [5, 5.41) is 0. The first kappa shape index (κ1) is 21.4. The van der Waals surface area contributed by atoms with Crippen LogP contribution in [0.4, 0.5) is 0 Å². The normalized spacial score (nSPS) is 19.9. The maximum atomic E-state index is 12.4. The molecule has 8 heteroatoms. The summed E-state index contributed by atoms with van der Waals surface area (Å²) in [6, 6.07) is 3.72. The van der Waals surface area contributed by atoms with Gasteiger partial charge in [0.2, 0.25) is 0 Å². The molecule has 8 nitrogen and oxygen atoms in total. The standard InChI is InChI=1S/C21H27NO7/c1-3-27-20(23)21(22-2)14-16-12-18-19(13-17(16)15-21)29-11-9-26-7-5-24-4-6-25-8-10-28-18/h12-13H,3-11,14-15H2,1H3. The van der Waals surface area contributed by atoms with Crippen molar-refractivity contribution in [3.8, 4) is 11.5 Å². The van der Waals surface area contributed by atoms with E-state index < -0.39 is 11.5 Å². The third-order valence-corrected chi connectivity index (χ3v) is 4.82. The zero-order valence-corrected chi connectivity index (χ0v) is 16.7. The predicted octanol–water partition coefficient (Wildman–Crippen LogP) is 1.83. The number of nitrogens with zero attached hydrogens (tertiary/aromatic N) is 1. The number of fused-ring (bicyclic) bond motifs is 2. The number of hydrogen-bond acceptors (Lipinski definition) is 7. The molecule has 1 heterocycles. The molecule has 0 atom stereocenters. The van der Waals surface area contributed by atoms with E-state index in [1.165, 1.54) is 0 Å². The van der Waals surface area contributed by atoms with Crippen molar-refractivity contribution in [3.05, 3.63) is 34.7 Å². The van der Waals surface area contributed by atoms with Crippen LogP contribution in [0.2, 0.25) is 0 Å². The number of hydrogen-bond donors (Lipinski definition) is 0. The predicted molar refractivity (Wildman–Crippen MR) is 103 cm³/mol. The fourth-order valence-corrected chi connectivity index (χ4v) is 3.39. The van der Waals surface area contributed by atoms with E-state index in [4.69, 9.17) is 35.0 Å². The summed E-state index contributed by atoms with van der Waals surface area (Å²) in [5.74, 6) is 0.667. The molecule has 29 heavy (non-hydrogen) atoms. The molecule has 0 saturated carbocycles. The minimum absolute atomic E-state index is 0.250. The van der Waals surface area contributed by atoms with Crippen LogP contribution in [0.1, 0.15) is 18.1 Å². The number of esters is 1. The van der Waals surface area contributed by atoms with Crippen LogP contribution in [0, 0.1) is 6.57 Å². The highest BCUT2D eigenvalue weighted by molar-refractivity contribution is 5.85. The van der Waals surface area contributed by atoms with Gasteiger partial charge in [-0.2, -0.15) is 0 Å². The van der Waals surface area contributed by atoms with E-state index in [0.717, 1.165) is 11.1 Å². The third kappa shape index (κ3) is 5.38. The van der Waals surface area contributed by atoms with Crippen molar-refractivity contribution < 1.29 is 33.2 Å².